The van der Waals surface area contributed by atoms with Gasteiger partial charge in [0, 0.05) is 24.2 Å². The molecule has 0 saturated heterocycles. The zero-order valence-electron chi connectivity index (χ0n) is 9.40. The lowest BCUT2D eigenvalue weighted by Crippen LogP contribution is -2.29. The van der Waals surface area contributed by atoms with Gasteiger partial charge in [-0.25, -0.2) is 4.99 Å². The molecule has 2 nitrogen and oxygen atoms in total. The van der Waals surface area contributed by atoms with Crippen LogP contribution in [0.1, 0.15) is 5.56 Å². The van der Waals surface area contributed by atoms with E-state index in [9.17, 15) is 0 Å². The van der Waals surface area contributed by atoms with Crippen molar-refractivity contribution >= 4 is 11.8 Å². The van der Waals surface area contributed by atoms with Gasteiger partial charge in [-0.3, -0.25) is 0 Å². The first-order chi connectivity index (χ1) is 8.43. The summed E-state index contributed by atoms with van der Waals surface area (Å²) in [6.07, 6.45) is 2.25. The van der Waals surface area contributed by atoms with E-state index in [0.29, 0.717) is 0 Å². The van der Waals surface area contributed by atoms with Crippen molar-refractivity contribution < 1.29 is 0 Å². The van der Waals surface area contributed by atoms with Gasteiger partial charge in [0.25, 0.3) is 0 Å². The molecule has 0 aliphatic carbocycles. The van der Waals surface area contributed by atoms with Gasteiger partial charge < -0.3 is 5.32 Å². The Balaban J connectivity index is 2.15. The summed E-state index contributed by atoms with van der Waals surface area (Å²) in [6.45, 7) is 1.91. The van der Waals surface area contributed by atoms with Crippen LogP contribution >= 0.6 is 0 Å². The van der Waals surface area contributed by atoms with E-state index in [0.717, 1.165) is 24.1 Å². The lowest BCUT2D eigenvalue weighted by atomic mass is 9.96. The fourth-order valence-corrected chi connectivity index (χ4v) is 2.72. The number of nitrogens with one attached hydrogen (secondary N) is 1. The van der Waals surface area contributed by atoms with Crippen molar-refractivity contribution in [1.29, 1.82) is 0 Å². The van der Waals surface area contributed by atoms with Crippen LogP contribution in [-0.2, 0) is 6.54 Å². The summed E-state index contributed by atoms with van der Waals surface area (Å²) in [6, 6.07) is 12.7. The summed E-state index contributed by atoms with van der Waals surface area (Å²) < 4.78 is 0. The molecule has 0 spiro atoms. The summed E-state index contributed by atoms with van der Waals surface area (Å²) in [5, 5.41) is 5.87. The van der Waals surface area contributed by atoms with E-state index in [1.807, 2.05) is 6.07 Å². The quantitative estimate of drug-likeness (QED) is 0.610. The predicted molar refractivity (Wildman–Crippen MR) is 68.5 cm³/mol. The molecule has 2 aliphatic rings. The second-order valence-electron chi connectivity index (χ2n) is 4.49. The lowest BCUT2D eigenvalue weighted by Gasteiger charge is -2.13. The van der Waals surface area contributed by atoms with Gasteiger partial charge in [0.1, 0.15) is 0 Å². The molecular weight excluding hydrogens is 208 g/mol. The number of nitrogens with zero attached hydrogens (tertiary/aromatic N) is 1. The van der Waals surface area contributed by atoms with Gasteiger partial charge in [-0.05, 0) is 22.9 Å². The van der Waals surface area contributed by atoms with Crippen LogP contribution in [0.5, 0.6) is 0 Å². The zero-order chi connectivity index (χ0) is 11.2. The molecule has 2 aliphatic heterocycles. The van der Waals surface area contributed by atoms with Gasteiger partial charge in [-0.15, -0.1) is 0 Å². The molecule has 0 aromatic heterocycles. The van der Waals surface area contributed by atoms with Crippen LogP contribution < -0.4 is 15.9 Å². The Labute approximate surface area is 99.3 Å². The average Bonchev–Trinajstić information content (AvgIpc) is 2.77. The Bertz CT molecular complexity index is 729. The molecule has 0 saturated carbocycles. The van der Waals surface area contributed by atoms with Crippen molar-refractivity contribution in [2.24, 2.45) is 4.99 Å². The Morgan fingerprint density at radius 3 is 3.00 bits per heavy atom. The van der Waals surface area contributed by atoms with Gasteiger partial charge in [-0.2, -0.15) is 0 Å². The van der Waals surface area contributed by atoms with Crippen molar-refractivity contribution in [3.8, 4) is 11.1 Å². The van der Waals surface area contributed by atoms with Gasteiger partial charge in [-0.1, -0.05) is 30.3 Å². The average molecular weight is 220 g/mol. The highest BCUT2D eigenvalue weighted by atomic mass is 14.9. The number of rotatable bonds is 0. The van der Waals surface area contributed by atoms with Crippen molar-refractivity contribution in [2.75, 3.05) is 6.54 Å². The highest BCUT2D eigenvalue weighted by Gasteiger charge is 2.18. The maximum atomic E-state index is 4.68. The van der Waals surface area contributed by atoms with E-state index >= 15 is 0 Å². The van der Waals surface area contributed by atoms with E-state index in [1.165, 1.54) is 21.9 Å². The summed E-state index contributed by atoms with van der Waals surface area (Å²) >= 11 is 0. The minimum Gasteiger partial charge on any atom is -0.309 e. The number of hydrogen-bond donors (Lipinski definition) is 1. The fraction of sp³-hybridized carbons (Fsp3) is 0.133. The molecule has 0 atom stereocenters. The number of fused-ring (bicyclic) bond motifs is 5. The Kier molecular flexibility index (Phi) is 1.76. The molecule has 0 radical (unpaired) electrons. The lowest BCUT2D eigenvalue weighted by molar-refractivity contribution is 0.754. The third-order valence-corrected chi connectivity index (χ3v) is 3.51. The largest absolute Gasteiger partial charge is 0.309 e. The van der Waals surface area contributed by atoms with E-state index in [2.05, 4.69) is 46.7 Å². The molecule has 0 amide bonds. The summed E-state index contributed by atoms with van der Waals surface area (Å²) in [4.78, 5) is 4.68. The highest BCUT2D eigenvalue weighted by molar-refractivity contribution is 5.81. The summed E-state index contributed by atoms with van der Waals surface area (Å²) in [5.74, 6) is 0. The Morgan fingerprint density at radius 1 is 1.06 bits per heavy atom. The maximum Gasteiger partial charge on any atom is 0.0720 e. The SMILES string of the molecule is C1=c2ccc3c(c2CNC1)-c1ccccc1N=3. The Hall–Kier alpha value is -1.93. The first-order valence-electron chi connectivity index (χ1n) is 5.94. The second kappa shape index (κ2) is 3.28. The minimum atomic E-state index is 0.943. The van der Waals surface area contributed by atoms with Crippen molar-refractivity contribution in [3.63, 3.8) is 0 Å². The highest BCUT2D eigenvalue weighted by Crippen LogP contribution is 2.33. The molecule has 2 aromatic rings. The predicted octanol–water partition coefficient (Wildman–Crippen LogP) is 1.50. The maximum absolute atomic E-state index is 4.68. The van der Waals surface area contributed by atoms with Crippen molar-refractivity contribution in [2.45, 2.75) is 6.54 Å². The van der Waals surface area contributed by atoms with Crippen LogP contribution in [0.15, 0.2) is 41.4 Å². The van der Waals surface area contributed by atoms with E-state index < -0.39 is 0 Å². The van der Waals surface area contributed by atoms with Crippen LogP contribution in [0.2, 0.25) is 0 Å². The van der Waals surface area contributed by atoms with Crippen LogP contribution in [-0.4, -0.2) is 6.54 Å². The zero-order valence-corrected chi connectivity index (χ0v) is 9.40. The number of hydrogen-bond acceptors (Lipinski definition) is 2. The van der Waals surface area contributed by atoms with Crippen molar-refractivity contribution in [3.05, 3.63) is 52.5 Å². The van der Waals surface area contributed by atoms with Crippen LogP contribution in [0.25, 0.3) is 17.2 Å². The van der Waals surface area contributed by atoms with E-state index in [4.69, 9.17) is 0 Å². The first-order valence-corrected chi connectivity index (χ1v) is 5.94. The monoisotopic (exact) mass is 220 g/mol. The topological polar surface area (TPSA) is 24.4 Å². The fourth-order valence-electron chi connectivity index (χ4n) is 2.72. The number of para-hydroxylation sites is 1. The van der Waals surface area contributed by atoms with Gasteiger partial charge in [0.05, 0.1) is 11.0 Å². The van der Waals surface area contributed by atoms with Crippen LogP contribution in [0, 0.1) is 0 Å². The third-order valence-electron chi connectivity index (χ3n) is 3.51. The molecule has 0 unspecified atom stereocenters. The molecule has 2 aromatic carbocycles. The van der Waals surface area contributed by atoms with Crippen LogP contribution in [0.3, 0.4) is 0 Å². The summed E-state index contributed by atoms with van der Waals surface area (Å²) in [5.41, 5.74) is 5.09. The normalized spacial score (nSPS) is 15.3. The molecule has 0 fully saturated rings. The molecule has 2 heterocycles. The Morgan fingerprint density at radius 2 is 2.00 bits per heavy atom. The van der Waals surface area contributed by atoms with E-state index in [-0.39, 0.29) is 0 Å². The smallest absolute Gasteiger partial charge is 0.0720 e. The standard InChI is InChI=1S/C15H12N2/c1-2-4-13-11(3-1)15-12-9-16-8-7-10(12)5-6-14(15)17-13/h1-7,16H,8-9H2. The molecule has 1 N–H and O–H groups in total. The molecule has 4 rings (SSSR count). The molecule has 17 heavy (non-hydrogen) atoms. The molecule has 2 heteroatoms. The molecular formula is C15H12N2. The second-order valence-corrected chi connectivity index (χ2v) is 4.49. The van der Waals surface area contributed by atoms with E-state index in [1.54, 1.807) is 0 Å². The van der Waals surface area contributed by atoms with Gasteiger partial charge >= 0.3 is 0 Å². The van der Waals surface area contributed by atoms with Gasteiger partial charge in [0.2, 0.25) is 0 Å². The number of benzene rings is 2. The molecule has 0 bridgehead atoms. The van der Waals surface area contributed by atoms with Crippen molar-refractivity contribution in [1.82, 2.24) is 5.32 Å². The van der Waals surface area contributed by atoms with Gasteiger partial charge in [0.15, 0.2) is 0 Å². The molecule has 82 valence electrons. The third kappa shape index (κ3) is 1.22. The first kappa shape index (κ1) is 9.14. The summed E-state index contributed by atoms with van der Waals surface area (Å²) in [7, 11) is 0. The van der Waals surface area contributed by atoms with Crippen LogP contribution in [0.4, 0.5) is 5.69 Å². The minimum absolute atomic E-state index is 0.943.